The first kappa shape index (κ1) is 18.7. The van der Waals surface area contributed by atoms with Gasteiger partial charge in [0.15, 0.2) is 0 Å². The molecular formula is C20H27N5O3. The van der Waals surface area contributed by atoms with Gasteiger partial charge in [0.2, 0.25) is 11.8 Å². The molecule has 2 aliphatic rings. The van der Waals surface area contributed by atoms with Crippen molar-refractivity contribution >= 4 is 28.5 Å². The van der Waals surface area contributed by atoms with E-state index >= 15 is 0 Å². The third kappa shape index (κ3) is 3.82. The number of anilines is 1. The zero-order valence-electron chi connectivity index (χ0n) is 16.2. The van der Waals surface area contributed by atoms with Gasteiger partial charge in [-0.1, -0.05) is 0 Å². The summed E-state index contributed by atoms with van der Waals surface area (Å²) in [6, 6.07) is 5.02. The summed E-state index contributed by atoms with van der Waals surface area (Å²) in [6.45, 7) is 5.20. The average molecular weight is 385 g/mol. The second kappa shape index (κ2) is 7.79. The summed E-state index contributed by atoms with van der Waals surface area (Å²) < 4.78 is 0. The molecule has 0 spiro atoms. The van der Waals surface area contributed by atoms with Crippen LogP contribution in [0.1, 0.15) is 32.6 Å². The van der Waals surface area contributed by atoms with Crippen molar-refractivity contribution < 1.29 is 9.59 Å². The number of H-pyrrole nitrogens is 2. The van der Waals surface area contributed by atoms with E-state index in [0.29, 0.717) is 22.6 Å². The molecule has 8 nitrogen and oxygen atoms in total. The highest BCUT2D eigenvalue weighted by molar-refractivity contribution is 5.96. The molecule has 3 N–H and O–H groups in total. The Morgan fingerprint density at radius 2 is 1.75 bits per heavy atom. The van der Waals surface area contributed by atoms with E-state index in [1.165, 1.54) is 0 Å². The Bertz CT molecular complexity index is 919. The summed E-state index contributed by atoms with van der Waals surface area (Å²) in [5.74, 6) is 0.307. The first-order valence-corrected chi connectivity index (χ1v) is 10.1. The molecule has 1 aromatic carbocycles. The number of benzene rings is 1. The number of hydrogen-bond donors (Lipinski definition) is 3. The van der Waals surface area contributed by atoms with Gasteiger partial charge >= 0.3 is 5.69 Å². The van der Waals surface area contributed by atoms with Crippen molar-refractivity contribution in [2.24, 2.45) is 5.92 Å². The molecule has 2 saturated heterocycles. The number of carbonyl (C=O) groups excluding carboxylic acids is 2. The predicted octanol–water partition coefficient (Wildman–Crippen LogP) is 1.52. The minimum Gasteiger partial charge on any atom is -0.342 e. The molecule has 1 aromatic heterocycles. The maximum Gasteiger partial charge on any atom is 0.323 e. The van der Waals surface area contributed by atoms with Crippen LogP contribution < -0.4 is 11.0 Å². The molecule has 2 fully saturated rings. The van der Waals surface area contributed by atoms with Crippen LogP contribution in [0.5, 0.6) is 0 Å². The Balaban J connectivity index is 1.32. The molecule has 0 aliphatic carbocycles. The number of aromatic amines is 2. The smallest absolute Gasteiger partial charge is 0.323 e. The Morgan fingerprint density at radius 1 is 1.07 bits per heavy atom. The molecule has 3 heterocycles. The predicted molar refractivity (Wildman–Crippen MR) is 107 cm³/mol. The number of hydrogen-bond acceptors (Lipinski definition) is 4. The van der Waals surface area contributed by atoms with Crippen molar-refractivity contribution in [2.45, 2.75) is 38.6 Å². The van der Waals surface area contributed by atoms with Gasteiger partial charge in [0.05, 0.1) is 17.1 Å². The number of carbonyl (C=O) groups is 2. The van der Waals surface area contributed by atoms with Crippen molar-refractivity contribution in [3.8, 4) is 0 Å². The van der Waals surface area contributed by atoms with Crippen LogP contribution in [0.2, 0.25) is 0 Å². The molecule has 8 heteroatoms. The molecule has 0 saturated carbocycles. The average Bonchev–Trinajstić information content (AvgIpc) is 3.35. The topological polar surface area (TPSA) is 101 Å². The second-order valence-electron chi connectivity index (χ2n) is 7.85. The minimum absolute atomic E-state index is 0.0819. The first-order valence-electron chi connectivity index (χ1n) is 10.1. The fourth-order valence-electron chi connectivity index (χ4n) is 4.25. The number of nitrogens with one attached hydrogen (secondary N) is 3. The van der Waals surface area contributed by atoms with E-state index in [1.54, 1.807) is 18.2 Å². The van der Waals surface area contributed by atoms with Gasteiger partial charge < -0.3 is 20.2 Å². The van der Waals surface area contributed by atoms with Crippen LogP contribution >= 0.6 is 0 Å². The van der Waals surface area contributed by atoms with E-state index in [4.69, 9.17) is 0 Å². The van der Waals surface area contributed by atoms with Crippen LogP contribution in [0.25, 0.3) is 11.0 Å². The quantitative estimate of drug-likeness (QED) is 0.743. The van der Waals surface area contributed by atoms with Gasteiger partial charge in [0.25, 0.3) is 0 Å². The van der Waals surface area contributed by atoms with Crippen molar-refractivity contribution in [3.05, 3.63) is 28.7 Å². The van der Waals surface area contributed by atoms with E-state index in [0.717, 1.165) is 51.9 Å². The standard InChI is InChI=1S/C20H27N5O3/c1-13(18(26)21-15-4-5-16-17(12-15)23-20(28)22-16)24-10-6-14(7-11-24)19(27)25-8-2-3-9-25/h4-5,12-14H,2-3,6-11H2,1H3,(H,21,26)(H2,22,23,28). The van der Waals surface area contributed by atoms with Crippen LogP contribution in [-0.4, -0.2) is 63.8 Å². The Morgan fingerprint density at radius 3 is 2.46 bits per heavy atom. The van der Waals surface area contributed by atoms with Gasteiger partial charge in [0, 0.05) is 24.7 Å². The lowest BCUT2D eigenvalue weighted by Crippen LogP contribution is -2.48. The zero-order valence-corrected chi connectivity index (χ0v) is 16.2. The highest BCUT2D eigenvalue weighted by Gasteiger charge is 2.32. The number of rotatable bonds is 4. The highest BCUT2D eigenvalue weighted by atomic mass is 16.2. The Labute approximate surface area is 163 Å². The SMILES string of the molecule is CC(C(=O)Nc1ccc2[nH]c(=O)[nH]c2c1)N1CCC(C(=O)N2CCCC2)CC1. The van der Waals surface area contributed by atoms with Gasteiger partial charge in [-0.05, 0) is 63.9 Å². The zero-order chi connectivity index (χ0) is 19.7. The monoisotopic (exact) mass is 385 g/mol. The summed E-state index contributed by atoms with van der Waals surface area (Å²) in [4.78, 5) is 46.1. The number of amides is 2. The third-order valence-corrected chi connectivity index (χ3v) is 6.01. The second-order valence-corrected chi connectivity index (χ2v) is 7.85. The van der Waals surface area contributed by atoms with E-state index in [9.17, 15) is 14.4 Å². The van der Waals surface area contributed by atoms with E-state index in [2.05, 4.69) is 20.2 Å². The van der Waals surface area contributed by atoms with Crippen LogP contribution in [0.15, 0.2) is 23.0 Å². The van der Waals surface area contributed by atoms with Gasteiger partial charge in [-0.25, -0.2) is 4.79 Å². The molecule has 28 heavy (non-hydrogen) atoms. The lowest BCUT2D eigenvalue weighted by molar-refractivity contribution is -0.136. The summed E-state index contributed by atoms with van der Waals surface area (Å²) in [5, 5.41) is 2.93. The summed E-state index contributed by atoms with van der Waals surface area (Å²) in [6.07, 6.45) is 3.85. The van der Waals surface area contributed by atoms with Crippen molar-refractivity contribution in [1.82, 2.24) is 19.8 Å². The number of nitrogens with zero attached hydrogens (tertiary/aromatic N) is 2. The van der Waals surface area contributed by atoms with E-state index < -0.39 is 0 Å². The van der Waals surface area contributed by atoms with Crippen LogP contribution in [-0.2, 0) is 9.59 Å². The van der Waals surface area contributed by atoms with Crippen molar-refractivity contribution in [2.75, 3.05) is 31.5 Å². The maximum absolute atomic E-state index is 12.7. The van der Waals surface area contributed by atoms with E-state index in [-0.39, 0.29) is 23.6 Å². The number of aromatic nitrogens is 2. The highest BCUT2D eigenvalue weighted by Crippen LogP contribution is 2.24. The molecule has 4 rings (SSSR count). The third-order valence-electron chi connectivity index (χ3n) is 6.01. The van der Waals surface area contributed by atoms with Gasteiger partial charge in [-0.15, -0.1) is 0 Å². The lowest BCUT2D eigenvalue weighted by Gasteiger charge is -2.36. The van der Waals surface area contributed by atoms with Crippen molar-refractivity contribution in [3.63, 3.8) is 0 Å². The molecule has 150 valence electrons. The summed E-state index contributed by atoms with van der Waals surface area (Å²) in [7, 11) is 0. The van der Waals surface area contributed by atoms with Gasteiger partial charge in [-0.2, -0.15) is 0 Å². The number of fused-ring (bicyclic) bond motifs is 1. The molecule has 2 aromatic rings. The van der Waals surface area contributed by atoms with Crippen LogP contribution in [0.3, 0.4) is 0 Å². The summed E-state index contributed by atoms with van der Waals surface area (Å²) >= 11 is 0. The largest absolute Gasteiger partial charge is 0.342 e. The molecule has 0 radical (unpaired) electrons. The minimum atomic E-state index is -0.274. The molecule has 0 bridgehead atoms. The summed E-state index contributed by atoms with van der Waals surface area (Å²) in [5.41, 5.74) is 1.76. The normalized spacial score (nSPS) is 19.8. The van der Waals surface area contributed by atoms with E-state index in [1.807, 2.05) is 11.8 Å². The number of likely N-dealkylation sites (tertiary alicyclic amines) is 2. The lowest BCUT2D eigenvalue weighted by atomic mass is 9.94. The molecule has 2 amide bonds. The number of piperidine rings is 1. The number of imidazole rings is 1. The van der Waals surface area contributed by atoms with Crippen LogP contribution in [0.4, 0.5) is 5.69 Å². The Hall–Kier alpha value is -2.61. The van der Waals surface area contributed by atoms with Crippen molar-refractivity contribution in [1.29, 1.82) is 0 Å². The molecule has 1 unspecified atom stereocenters. The van der Waals surface area contributed by atoms with Gasteiger partial charge in [-0.3, -0.25) is 14.5 Å². The molecule has 2 aliphatic heterocycles. The maximum atomic E-state index is 12.7. The van der Waals surface area contributed by atoms with Gasteiger partial charge in [0.1, 0.15) is 0 Å². The fraction of sp³-hybridized carbons (Fsp3) is 0.550. The Kier molecular flexibility index (Phi) is 5.21. The fourth-order valence-corrected chi connectivity index (χ4v) is 4.25. The molecule has 1 atom stereocenters. The first-order chi connectivity index (χ1) is 13.5. The van der Waals surface area contributed by atoms with Crippen LogP contribution in [0, 0.1) is 5.92 Å². The molecular weight excluding hydrogens is 358 g/mol.